The number of methoxy groups -OCH3 is 1. The number of rotatable bonds is 6. The third-order valence-electron chi connectivity index (χ3n) is 5.10. The number of carbonyl (C=O) groups excluding carboxylic acids is 2. The van der Waals surface area contributed by atoms with Crippen molar-refractivity contribution in [2.24, 2.45) is 11.8 Å². The van der Waals surface area contributed by atoms with Crippen molar-refractivity contribution in [3.8, 4) is 0 Å². The predicted octanol–water partition coefficient (Wildman–Crippen LogP) is 2.73. The van der Waals surface area contributed by atoms with Gasteiger partial charge in [0.05, 0.1) is 12.7 Å². The molecule has 0 unspecified atom stereocenters. The van der Waals surface area contributed by atoms with Gasteiger partial charge in [-0.05, 0) is 43.6 Å². The lowest BCUT2D eigenvalue weighted by Gasteiger charge is -2.18. The molecule has 1 N–H and O–H groups in total. The summed E-state index contributed by atoms with van der Waals surface area (Å²) in [6, 6.07) is 7.95. The zero-order valence-corrected chi connectivity index (χ0v) is 13.8. The van der Waals surface area contributed by atoms with Crippen LogP contribution in [0.4, 0.5) is 0 Å². The molecule has 2 aromatic rings. The van der Waals surface area contributed by atoms with E-state index in [0.717, 1.165) is 10.9 Å². The summed E-state index contributed by atoms with van der Waals surface area (Å²) in [5, 5.41) is 4.05. The molecule has 1 heterocycles. The van der Waals surface area contributed by atoms with E-state index in [-0.39, 0.29) is 18.4 Å². The molecule has 1 aromatic carbocycles. The zero-order valence-electron chi connectivity index (χ0n) is 13.8. The molecule has 0 aliphatic heterocycles. The lowest BCUT2D eigenvalue weighted by atomic mass is 10.1. The first kappa shape index (κ1) is 15.2. The van der Waals surface area contributed by atoms with Crippen LogP contribution in [0.15, 0.2) is 30.5 Å². The fraction of sp³-hybridized carbons (Fsp3) is 0.474. The first-order valence-electron chi connectivity index (χ1n) is 8.63. The van der Waals surface area contributed by atoms with E-state index in [0.29, 0.717) is 23.4 Å². The van der Waals surface area contributed by atoms with Crippen molar-refractivity contribution in [2.75, 3.05) is 7.11 Å². The molecule has 126 valence electrons. The molecule has 0 atom stereocenters. The van der Waals surface area contributed by atoms with Crippen molar-refractivity contribution in [1.29, 1.82) is 0 Å². The highest BCUT2D eigenvalue weighted by Crippen LogP contribution is 2.44. The Morgan fingerprint density at radius 3 is 2.50 bits per heavy atom. The quantitative estimate of drug-likeness (QED) is 0.830. The summed E-state index contributed by atoms with van der Waals surface area (Å²) in [7, 11) is 1.37. The van der Waals surface area contributed by atoms with E-state index in [2.05, 4.69) is 5.32 Å². The number of nitrogens with zero attached hydrogens (tertiary/aromatic N) is 1. The maximum absolute atomic E-state index is 12.5. The van der Waals surface area contributed by atoms with Gasteiger partial charge in [-0.3, -0.25) is 4.79 Å². The molecular formula is C19H22N2O3. The average Bonchev–Trinajstić information content (AvgIpc) is 3.50. The topological polar surface area (TPSA) is 60.3 Å². The van der Waals surface area contributed by atoms with Crippen molar-refractivity contribution in [3.63, 3.8) is 0 Å². The Morgan fingerprint density at radius 1 is 1.21 bits per heavy atom. The highest BCUT2D eigenvalue weighted by molar-refractivity contribution is 6.04. The molecule has 4 rings (SSSR count). The van der Waals surface area contributed by atoms with Crippen LogP contribution in [0, 0.1) is 11.8 Å². The SMILES string of the molecule is COC(=O)c1cn(CC(=O)NC(C2CC2)C2CC2)c2ccccc12. The number of ether oxygens (including phenoxy) is 1. The number of para-hydroxylation sites is 1. The number of carbonyl (C=O) groups is 2. The summed E-state index contributed by atoms with van der Waals surface area (Å²) in [5.74, 6) is 0.997. The maximum Gasteiger partial charge on any atom is 0.340 e. The summed E-state index contributed by atoms with van der Waals surface area (Å²) < 4.78 is 6.69. The van der Waals surface area contributed by atoms with Gasteiger partial charge in [-0.1, -0.05) is 18.2 Å². The molecule has 24 heavy (non-hydrogen) atoms. The Hall–Kier alpha value is -2.30. The Labute approximate surface area is 141 Å². The minimum absolute atomic E-state index is 0.0240. The smallest absolute Gasteiger partial charge is 0.340 e. The van der Waals surface area contributed by atoms with Crippen molar-refractivity contribution >= 4 is 22.8 Å². The second-order valence-electron chi connectivity index (χ2n) is 6.95. The molecule has 5 nitrogen and oxygen atoms in total. The minimum atomic E-state index is -0.376. The Kier molecular flexibility index (Phi) is 3.79. The number of aromatic nitrogens is 1. The number of hydrogen-bond acceptors (Lipinski definition) is 3. The average molecular weight is 326 g/mol. The molecule has 0 radical (unpaired) electrons. The third kappa shape index (κ3) is 2.90. The number of amides is 1. The van der Waals surface area contributed by atoms with E-state index in [1.165, 1.54) is 32.8 Å². The lowest BCUT2D eigenvalue weighted by Crippen LogP contribution is -2.39. The molecule has 5 heteroatoms. The van der Waals surface area contributed by atoms with Crippen molar-refractivity contribution in [3.05, 3.63) is 36.0 Å². The van der Waals surface area contributed by atoms with Gasteiger partial charge in [0, 0.05) is 23.1 Å². The largest absolute Gasteiger partial charge is 0.465 e. The molecule has 0 saturated heterocycles. The predicted molar refractivity (Wildman–Crippen MR) is 90.7 cm³/mol. The standard InChI is InChI=1S/C19H22N2O3/c1-24-19(23)15-10-21(16-5-3-2-4-14(15)16)11-17(22)20-18(12-6-7-12)13-8-9-13/h2-5,10,12-13,18H,6-9,11H2,1H3,(H,20,22). The summed E-state index contributed by atoms with van der Waals surface area (Å²) in [5.41, 5.74) is 1.38. The first-order valence-corrected chi connectivity index (χ1v) is 8.63. The molecule has 2 aliphatic rings. The normalized spacial score (nSPS) is 17.2. The van der Waals surface area contributed by atoms with Crippen LogP contribution in [0.5, 0.6) is 0 Å². The van der Waals surface area contributed by atoms with E-state index in [1.54, 1.807) is 6.20 Å². The van der Waals surface area contributed by atoms with Crippen LogP contribution in [-0.4, -0.2) is 29.6 Å². The summed E-state index contributed by atoms with van der Waals surface area (Å²) in [6.07, 6.45) is 6.67. The van der Waals surface area contributed by atoms with Gasteiger partial charge in [0.2, 0.25) is 5.91 Å². The highest BCUT2D eigenvalue weighted by atomic mass is 16.5. The van der Waals surface area contributed by atoms with Crippen molar-refractivity contribution < 1.29 is 14.3 Å². The van der Waals surface area contributed by atoms with E-state index >= 15 is 0 Å². The molecule has 2 aliphatic carbocycles. The van der Waals surface area contributed by atoms with Gasteiger partial charge in [-0.2, -0.15) is 0 Å². The fourth-order valence-corrected chi connectivity index (χ4v) is 3.57. The van der Waals surface area contributed by atoms with Crippen molar-refractivity contribution in [2.45, 2.75) is 38.3 Å². The van der Waals surface area contributed by atoms with Crippen LogP contribution in [-0.2, 0) is 16.1 Å². The second kappa shape index (κ2) is 5.96. The molecular weight excluding hydrogens is 304 g/mol. The Bertz CT molecular complexity index is 775. The van der Waals surface area contributed by atoms with Gasteiger partial charge < -0.3 is 14.6 Å². The van der Waals surface area contributed by atoms with E-state index in [9.17, 15) is 9.59 Å². The van der Waals surface area contributed by atoms with Crippen LogP contribution in [0.1, 0.15) is 36.0 Å². The van der Waals surface area contributed by atoms with Crippen LogP contribution in [0.2, 0.25) is 0 Å². The maximum atomic E-state index is 12.5. The van der Waals surface area contributed by atoms with Gasteiger partial charge in [0.1, 0.15) is 6.54 Å². The Morgan fingerprint density at radius 2 is 1.88 bits per heavy atom. The summed E-state index contributed by atoms with van der Waals surface area (Å²) in [4.78, 5) is 24.5. The van der Waals surface area contributed by atoms with Gasteiger partial charge in [0.25, 0.3) is 0 Å². The molecule has 2 saturated carbocycles. The number of benzene rings is 1. The number of nitrogens with one attached hydrogen (secondary N) is 1. The molecule has 1 amide bonds. The van der Waals surface area contributed by atoms with Gasteiger partial charge in [-0.15, -0.1) is 0 Å². The summed E-state index contributed by atoms with van der Waals surface area (Å²) in [6.45, 7) is 0.230. The molecule has 2 fully saturated rings. The number of esters is 1. The second-order valence-corrected chi connectivity index (χ2v) is 6.95. The van der Waals surface area contributed by atoms with E-state index in [4.69, 9.17) is 4.74 Å². The van der Waals surface area contributed by atoms with E-state index < -0.39 is 0 Å². The van der Waals surface area contributed by atoms with Gasteiger partial charge in [0.15, 0.2) is 0 Å². The fourth-order valence-electron chi connectivity index (χ4n) is 3.57. The number of hydrogen-bond donors (Lipinski definition) is 1. The minimum Gasteiger partial charge on any atom is -0.465 e. The van der Waals surface area contributed by atoms with E-state index in [1.807, 2.05) is 28.8 Å². The monoisotopic (exact) mass is 326 g/mol. The van der Waals surface area contributed by atoms with Crippen LogP contribution in [0.25, 0.3) is 10.9 Å². The van der Waals surface area contributed by atoms with Crippen molar-refractivity contribution in [1.82, 2.24) is 9.88 Å². The first-order chi connectivity index (χ1) is 11.7. The van der Waals surface area contributed by atoms with Crippen LogP contribution >= 0.6 is 0 Å². The zero-order chi connectivity index (χ0) is 16.7. The van der Waals surface area contributed by atoms with Crippen LogP contribution in [0.3, 0.4) is 0 Å². The summed E-state index contributed by atoms with van der Waals surface area (Å²) >= 11 is 0. The third-order valence-corrected chi connectivity index (χ3v) is 5.10. The van der Waals surface area contributed by atoms with Gasteiger partial charge in [-0.25, -0.2) is 4.79 Å². The Balaban J connectivity index is 1.55. The molecule has 0 spiro atoms. The molecule has 1 aromatic heterocycles. The molecule has 0 bridgehead atoms. The highest BCUT2D eigenvalue weighted by Gasteiger charge is 2.42. The number of fused-ring (bicyclic) bond motifs is 1. The lowest BCUT2D eigenvalue weighted by molar-refractivity contribution is -0.122. The van der Waals surface area contributed by atoms with Crippen LogP contribution < -0.4 is 5.32 Å². The van der Waals surface area contributed by atoms with Gasteiger partial charge >= 0.3 is 5.97 Å².